The summed E-state index contributed by atoms with van der Waals surface area (Å²) in [5.74, 6) is 0. The van der Waals surface area contributed by atoms with Crippen molar-refractivity contribution in [2.45, 2.75) is 31.8 Å². The molecule has 0 radical (unpaired) electrons. The topological polar surface area (TPSA) is 15.7 Å². The van der Waals surface area contributed by atoms with Crippen molar-refractivity contribution in [1.82, 2.24) is 9.80 Å². The van der Waals surface area contributed by atoms with Gasteiger partial charge in [0.05, 0.1) is 6.61 Å². The van der Waals surface area contributed by atoms with Crippen molar-refractivity contribution in [2.75, 3.05) is 45.9 Å². The summed E-state index contributed by atoms with van der Waals surface area (Å²) in [5.41, 5.74) is 7.02. The van der Waals surface area contributed by atoms with E-state index in [0.29, 0.717) is 0 Å². The number of aryl methyl sites for hydroxylation is 3. The van der Waals surface area contributed by atoms with Gasteiger partial charge in [0, 0.05) is 32.7 Å². The van der Waals surface area contributed by atoms with E-state index in [4.69, 9.17) is 4.74 Å². The van der Waals surface area contributed by atoms with Crippen LogP contribution in [-0.2, 0) is 24.0 Å². The van der Waals surface area contributed by atoms with Crippen molar-refractivity contribution >= 4 is 0 Å². The Balaban J connectivity index is 1.10. The average molecular weight is 441 g/mol. The van der Waals surface area contributed by atoms with Gasteiger partial charge in [-0.05, 0) is 60.0 Å². The van der Waals surface area contributed by atoms with Gasteiger partial charge in [-0.2, -0.15) is 0 Å². The standard InChI is InChI=1S/C30H36N2O/c1-2-9-25(10-3-1)11-8-18-31-19-21-32(22-20-31)23-24-33-30-28-14-6-4-12-26(28)16-17-27-13-5-7-15-29(27)30/h1-7,9-10,12-15,30H,8,11,16-24H2. The molecule has 0 spiro atoms. The number of rotatable bonds is 8. The fourth-order valence-electron chi connectivity index (χ4n) is 5.34. The Labute approximate surface area is 199 Å². The lowest BCUT2D eigenvalue weighted by Crippen LogP contribution is -2.47. The Morgan fingerprint density at radius 2 is 1.18 bits per heavy atom. The number of piperazine rings is 1. The zero-order valence-corrected chi connectivity index (χ0v) is 19.7. The van der Waals surface area contributed by atoms with Crippen LogP contribution in [0.1, 0.15) is 40.3 Å². The highest BCUT2D eigenvalue weighted by Crippen LogP contribution is 2.35. The molecule has 3 aromatic rings. The maximum absolute atomic E-state index is 6.60. The van der Waals surface area contributed by atoms with E-state index < -0.39 is 0 Å². The van der Waals surface area contributed by atoms with Crippen molar-refractivity contribution in [1.29, 1.82) is 0 Å². The molecule has 0 aromatic heterocycles. The Hall–Kier alpha value is -2.46. The molecule has 0 atom stereocenters. The van der Waals surface area contributed by atoms with Gasteiger partial charge in [0.25, 0.3) is 0 Å². The number of hydrogen-bond donors (Lipinski definition) is 0. The molecule has 1 fully saturated rings. The van der Waals surface area contributed by atoms with Crippen LogP contribution in [0.15, 0.2) is 78.9 Å². The SMILES string of the molecule is c1ccc(CCCN2CCN(CCOC3c4ccccc4CCc4ccccc43)CC2)cc1. The third-order valence-corrected chi connectivity index (χ3v) is 7.28. The molecule has 0 saturated carbocycles. The first-order valence-electron chi connectivity index (χ1n) is 12.6. The largest absolute Gasteiger partial charge is 0.367 e. The van der Waals surface area contributed by atoms with Gasteiger partial charge in [-0.3, -0.25) is 4.90 Å². The van der Waals surface area contributed by atoms with Crippen LogP contribution >= 0.6 is 0 Å². The van der Waals surface area contributed by atoms with Crippen LogP contribution in [0, 0.1) is 0 Å². The Morgan fingerprint density at radius 1 is 0.636 bits per heavy atom. The summed E-state index contributed by atoms with van der Waals surface area (Å²) in [6, 6.07) is 28.5. The summed E-state index contributed by atoms with van der Waals surface area (Å²) in [4.78, 5) is 5.19. The van der Waals surface area contributed by atoms with Gasteiger partial charge in [0.1, 0.15) is 6.10 Å². The first-order valence-corrected chi connectivity index (χ1v) is 12.6. The fraction of sp³-hybridized carbons (Fsp3) is 0.400. The summed E-state index contributed by atoms with van der Waals surface area (Å²) < 4.78 is 6.60. The minimum absolute atomic E-state index is 0.0548. The normalized spacial score (nSPS) is 17.3. The summed E-state index contributed by atoms with van der Waals surface area (Å²) >= 11 is 0. The van der Waals surface area contributed by atoms with Crippen molar-refractivity contribution in [3.63, 3.8) is 0 Å². The number of nitrogens with zero attached hydrogens (tertiary/aromatic N) is 2. The second-order valence-corrected chi connectivity index (χ2v) is 9.42. The first kappa shape index (κ1) is 22.3. The summed E-state index contributed by atoms with van der Waals surface area (Å²) in [5, 5.41) is 0. The highest BCUT2D eigenvalue weighted by Gasteiger charge is 2.24. The van der Waals surface area contributed by atoms with E-state index in [1.165, 1.54) is 60.3 Å². The smallest absolute Gasteiger partial charge is 0.108 e. The predicted molar refractivity (Wildman–Crippen MR) is 136 cm³/mol. The fourth-order valence-corrected chi connectivity index (χ4v) is 5.34. The first-order chi connectivity index (χ1) is 16.4. The van der Waals surface area contributed by atoms with E-state index in [1.54, 1.807) is 0 Å². The maximum Gasteiger partial charge on any atom is 0.108 e. The van der Waals surface area contributed by atoms with Gasteiger partial charge < -0.3 is 9.64 Å². The van der Waals surface area contributed by atoms with Crippen molar-refractivity contribution < 1.29 is 4.74 Å². The summed E-state index contributed by atoms with van der Waals surface area (Å²) in [6.45, 7) is 7.63. The van der Waals surface area contributed by atoms with Crippen LogP contribution in [0.3, 0.4) is 0 Å². The molecule has 172 valence electrons. The predicted octanol–water partition coefficient (Wildman–Crippen LogP) is 5.14. The Kier molecular flexibility index (Phi) is 7.52. The highest BCUT2D eigenvalue weighted by atomic mass is 16.5. The molecule has 2 aliphatic rings. The summed E-state index contributed by atoms with van der Waals surface area (Å²) in [7, 11) is 0. The van der Waals surface area contributed by atoms with E-state index in [-0.39, 0.29) is 6.10 Å². The minimum atomic E-state index is 0.0548. The van der Waals surface area contributed by atoms with Crippen LogP contribution in [0.2, 0.25) is 0 Å². The monoisotopic (exact) mass is 440 g/mol. The minimum Gasteiger partial charge on any atom is -0.367 e. The molecule has 0 bridgehead atoms. The Bertz CT molecular complexity index is 963. The molecule has 1 saturated heterocycles. The maximum atomic E-state index is 6.60. The van der Waals surface area contributed by atoms with E-state index >= 15 is 0 Å². The average Bonchev–Trinajstić information content (AvgIpc) is 3.03. The number of benzene rings is 3. The summed E-state index contributed by atoms with van der Waals surface area (Å²) in [6.07, 6.45) is 4.67. The van der Waals surface area contributed by atoms with Crippen LogP contribution in [-0.4, -0.2) is 55.7 Å². The molecular weight excluding hydrogens is 404 g/mol. The second-order valence-electron chi connectivity index (χ2n) is 9.42. The van der Waals surface area contributed by atoms with Gasteiger partial charge in [0.2, 0.25) is 0 Å². The van der Waals surface area contributed by atoms with Gasteiger partial charge in [-0.1, -0.05) is 78.9 Å². The molecule has 3 heteroatoms. The third kappa shape index (κ3) is 5.73. The second kappa shape index (κ2) is 11.1. The lowest BCUT2D eigenvalue weighted by molar-refractivity contribution is 0.0449. The van der Waals surface area contributed by atoms with Crippen LogP contribution in [0.4, 0.5) is 0 Å². The third-order valence-electron chi connectivity index (χ3n) is 7.28. The van der Waals surface area contributed by atoms with E-state index in [2.05, 4.69) is 88.7 Å². The van der Waals surface area contributed by atoms with Crippen LogP contribution < -0.4 is 0 Å². The molecule has 33 heavy (non-hydrogen) atoms. The van der Waals surface area contributed by atoms with Crippen molar-refractivity contribution in [3.8, 4) is 0 Å². The number of hydrogen-bond acceptors (Lipinski definition) is 3. The van der Waals surface area contributed by atoms with Gasteiger partial charge in [-0.15, -0.1) is 0 Å². The lowest BCUT2D eigenvalue weighted by atomic mass is 9.97. The molecule has 0 N–H and O–H groups in total. The molecule has 1 aliphatic carbocycles. The van der Waals surface area contributed by atoms with Gasteiger partial charge in [0.15, 0.2) is 0 Å². The molecule has 5 rings (SSSR count). The number of fused-ring (bicyclic) bond motifs is 2. The van der Waals surface area contributed by atoms with E-state index in [9.17, 15) is 0 Å². The molecule has 1 heterocycles. The lowest BCUT2D eigenvalue weighted by Gasteiger charge is -2.35. The molecule has 1 aliphatic heterocycles. The van der Waals surface area contributed by atoms with E-state index in [1.807, 2.05) is 0 Å². The van der Waals surface area contributed by atoms with Crippen molar-refractivity contribution in [2.24, 2.45) is 0 Å². The molecular formula is C30H36N2O. The highest BCUT2D eigenvalue weighted by molar-refractivity contribution is 5.43. The number of ether oxygens (including phenoxy) is 1. The quantitative estimate of drug-likeness (QED) is 0.482. The molecule has 3 nitrogen and oxygen atoms in total. The molecule has 3 aromatic carbocycles. The van der Waals surface area contributed by atoms with Crippen LogP contribution in [0.5, 0.6) is 0 Å². The van der Waals surface area contributed by atoms with E-state index in [0.717, 1.165) is 39.1 Å². The van der Waals surface area contributed by atoms with Gasteiger partial charge >= 0.3 is 0 Å². The molecule has 0 amide bonds. The van der Waals surface area contributed by atoms with Gasteiger partial charge in [-0.25, -0.2) is 0 Å². The Morgan fingerprint density at radius 3 is 1.82 bits per heavy atom. The van der Waals surface area contributed by atoms with Crippen LogP contribution in [0.25, 0.3) is 0 Å². The van der Waals surface area contributed by atoms with Crippen molar-refractivity contribution in [3.05, 3.63) is 107 Å². The molecule has 0 unspecified atom stereocenters. The zero-order chi connectivity index (χ0) is 22.3. The zero-order valence-electron chi connectivity index (χ0n) is 19.7.